The van der Waals surface area contributed by atoms with Gasteiger partial charge in [0.1, 0.15) is 0 Å². The van der Waals surface area contributed by atoms with Crippen molar-refractivity contribution >= 4 is 21.6 Å². The zero-order valence-electron chi connectivity index (χ0n) is 8.34. The molecule has 1 aromatic heterocycles. The van der Waals surface area contributed by atoms with Crippen molar-refractivity contribution in [2.24, 2.45) is 0 Å². The van der Waals surface area contributed by atoms with Gasteiger partial charge >= 0.3 is 24.1 Å². The smallest absolute Gasteiger partial charge is 0.381 e. The van der Waals surface area contributed by atoms with Crippen LogP contribution in [0, 0.1) is 10.1 Å². The molecule has 5 nitrogen and oxygen atoms in total. The number of nitrogens with zero attached hydrogens (tertiary/aromatic N) is 2. The second kappa shape index (κ2) is 4.83. The first-order chi connectivity index (χ1) is 8.42. The van der Waals surface area contributed by atoms with Crippen molar-refractivity contribution in [1.29, 1.82) is 0 Å². The fourth-order valence-corrected chi connectivity index (χ4v) is 1.51. The third-order valence-electron chi connectivity index (χ3n) is 1.60. The Bertz CT molecular complexity index is 515. The summed E-state index contributed by atoms with van der Waals surface area (Å²) in [5, 5.41) is 10.4. The molecule has 0 bridgehead atoms. The van der Waals surface area contributed by atoms with Gasteiger partial charge in [0.05, 0.1) is 9.40 Å². The van der Waals surface area contributed by atoms with Gasteiger partial charge in [0, 0.05) is 6.07 Å². The lowest BCUT2D eigenvalue weighted by molar-refractivity contribution is -0.389. The van der Waals surface area contributed by atoms with Crippen molar-refractivity contribution in [3.8, 4) is 5.88 Å². The molecule has 0 spiro atoms. The highest BCUT2D eigenvalue weighted by Crippen LogP contribution is 2.39. The van der Waals surface area contributed by atoms with Gasteiger partial charge in [-0.15, -0.1) is 13.2 Å². The summed E-state index contributed by atoms with van der Waals surface area (Å²) < 4.78 is 75.2. The molecule has 12 heteroatoms. The Balaban J connectivity index is 3.44. The molecule has 0 unspecified atom stereocenters. The molecule has 1 heterocycles. The molecule has 0 aliphatic rings. The van der Waals surface area contributed by atoms with E-state index in [9.17, 15) is 36.5 Å². The molecule has 0 saturated heterocycles. The number of ether oxygens (including phenoxy) is 1. The third-order valence-corrected chi connectivity index (χ3v) is 2.20. The van der Waals surface area contributed by atoms with Crippen LogP contribution < -0.4 is 4.74 Å². The Morgan fingerprint density at radius 2 is 1.79 bits per heavy atom. The summed E-state index contributed by atoms with van der Waals surface area (Å²) in [7, 11) is 0. The van der Waals surface area contributed by atoms with Crippen molar-refractivity contribution in [2.75, 3.05) is 0 Å². The minimum absolute atomic E-state index is 0.233. The van der Waals surface area contributed by atoms with Gasteiger partial charge in [0.15, 0.2) is 5.69 Å². The number of halogens is 7. The summed E-state index contributed by atoms with van der Waals surface area (Å²) in [4.78, 5) is 11.6. The van der Waals surface area contributed by atoms with E-state index in [0.717, 1.165) is 0 Å². The quantitative estimate of drug-likeness (QED) is 0.461. The summed E-state index contributed by atoms with van der Waals surface area (Å²) in [5.41, 5.74) is -3.12. The fourth-order valence-electron chi connectivity index (χ4n) is 0.977. The summed E-state index contributed by atoms with van der Waals surface area (Å²) in [5.74, 6) is -1.78. The van der Waals surface area contributed by atoms with Gasteiger partial charge in [-0.3, -0.25) is 10.1 Å². The van der Waals surface area contributed by atoms with E-state index in [1.807, 2.05) is 0 Å². The lowest BCUT2D eigenvalue weighted by atomic mass is 10.3. The van der Waals surface area contributed by atoms with E-state index in [-0.39, 0.29) is 6.07 Å². The molecule has 0 aliphatic carbocycles. The zero-order chi connectivity index (χ0) is 15.0. The number of hydrogen-bond donors (Lipinski definition) is 0. The molecule has 0 fully saturated rings. The zero-order valence-corrected chi connectivity index (χ0v) is 9.93. The standard InChI is InChI=1S/C7HBrF6N2O3/c8-2-1-3(16(17)18)5(19-7(12,13)14)15-4(2)6(9,10)11/h1H. The Labute approximate surface area is 108 Å². The predicted octanol–water partition coefficient (Wildman–Crippen LogP) is 3.67. The largest absolute Gasteiger partial charge is 0.574 e. The van der Waals surface area contributed by atoms with Crippen molar-refractivity contribution < 1.29 is 36.0 Å². The summed E-state index contributed by atoms with van der Waals surface area (Å²) in [6.45, 7) is 0. The summed E-state index contributed by atoms with van der Waals surface area (Å²) in [6.07, 6.45) is -10.5. The van der Waals surface area contributed by atoms with E-state index in [2.05, 4.69) is 25.7 Å². The maximum atomic E-state index is 12.4. The van der Waals surface area contributed by atoms with Crippen LogP contribution in [0.25, 0.3) is 0 Å². The van der Waals surface area contributed by atoms with Crippen LogP contribution in [-0.4, -0.2) is 16.3 Å². The normalized spacial score (nSPS) is 12.4. The average Bonchev–Trinajstić information content (AvgIpc) is 2.15. The van der Waals surface area contributed by atoms with Crippen LogP contribution in [0.5, 0.6) is 5.88 Å². The first-order valence-corrected chi connectivity index (χ1v) is 4.89. The van der Waals surface area contributed by atoms with E-state index in [0.29, 0.717) is 0 Å². The van der Waals surface area contributed by atoms with E-state index in [1.165, 1.54) is 0 Å². The van der Waals surface area contributed by atoms with Crippen molar-refractivity contribution in [3.05, 3.63) is 26.3 Å². The van der Waals surface area contributed by atoms with Crippen LogP contribution in [0.3, 0.4) is 0 Å². The van der Waals surface area contributed by atoms with Gasteiger partial charge in [-0.25, -0.2) is 4.98 Å². The Morgan fingerprint density at radius 1 is 1.26 bits per heavy atom. The average molecular weight is 355 g/mol. The van der Waals surface area contributed by atoms with Crippen LogP contribution in [0.1, 0.15) is 5.69 Å². The van der Waals surface area contributed by atoms with Crippen molar-refractivity contribution in [3.63, 3.8) is 0 Å². The molecule has 1 aromatic rings. The van der Waals surface area contributed by atoms with Crippen LogP contribution in [0.4, 0.5) is 32.0 Å². The minimum Gasteiger partial charge on any atom is -0.381 e. The molecule has 0 atom stereocenters. The second-order valence-electron chi connectivity index (χ2n) is 2.95. The van der Waals surface area contributed by atoms with Crippen LogP contribution in [0.2, 0.25) is 0 Å². The van der Waals surface area contributed by atoms with Gasteiger partial charge < -0.3 is 4.74 Å². The number of hydrogen-bond acceptors (Lipinski definition) is 4. The first-order valence-electron chi connectivity index (χ1n) is 4.09. The van der Waals surface area contributed by atoms with Crippen LogP contribution in [0.15, 0.2) is 10.5 Å². The number of aromatic nitrogens is 1. The predicted molar refractivity (Wildman–Crippen MR) is 50.3 cm³/mol. The highest BCUT2D eigenvalue weighted by molar-refractivity contribution is 9.10. The van der Waals surface area contributed by atoms with Gasteiger partial charge in [-0.2, -0.15) is 13.2 Å². The molecular formula is C7HBrF6N2O3. The maximum Gasteiger partial charge on any atom is 0.574 e. The van der Waals surface area contributed by atoms with Gasteiger partial charge in [0.2, 0.25) is 0 Å². The van der Waals surface area contributed by atoms with Crippen LogP contribution in [-0.2, 0) is 6.18 Å². The second-order valence-corrected chi connectivity index (χ2v) is 3.80. The number of alkyl halides is 6. The molecule has 0 aliphatic heterocycles. The Hall–Kier alpha value is -1.59. The molecule has 106 valence electrons. The van der Waals surface area contributed by atoms with Crippen molar-refractivity contribution in [2.45, 2.75) is 12.5 Å². The van der Waals surface area contributed by atoms with Gasteiger partial charge in [-0.1, -0.05) is 0 Å². The minimum atomic E-state index is -5.41. The molecule has 0 amide bonds. The molecule has 0 aromatic carbocycles. The lowest BCUT2D eigenvalue weighted by Gasteiger charge is -2.12. The number of nitro groups is 1. The molecule has 0 N–H and O–H groups in total. The molecule has 0 saturated carbocycles. The maximum absolute atomic E-state index is 12.4. The van der Waals surface area contributed by atoms with Gasteiger partial charge in [-0.05, 0) is 15.9 Å². The Kier molecular flexibility index (Phi) is 3.93. The molecular weight excluding hydrogens is 354 g/mol. The highest BCUT2D eigenvalue weighted by atomic mass is 79.9. The first kappa shape index (κ1) is 15.5. The monoisotopic (exact) mass is 354 g/mol. The fraction of sp³-hybridized carbons (Fsp3) is 0.286. The molecule has 0 radical (unpaired) electrons. The Morgan fingerprint density at radius 3 is 2.16 bits per heavy atom. The lowest BCUT2D eigenvalue weighted by Crippen LogP contribution is -2.20. The topological polar surface area (TPSA) is 65.3 Å². The van der Waals surface area contributed by atoms with E-state index < -0.39 is 39.2 Å². The van der Waals surface area contributed by atoms with E-state index >= 15 is 0 Å². The summed E-state index contributed by atoms with van der Waals surface area (Å²) >= 11 is 2.34. The van der Waals surface area contributed by atoms with E-state index in [4.69, 9.17) is 0 Å². The number of pyridine rings is 1. The summed E-state index contributed by atoms with van der Waals surface area (Å²) in [6, 6.07) is 0.233. The molecule has 1 rings (SSSR count). The van der Waals surface area contributed by atoms with Crippen molar-refractivity contribution in [1.82, 2.24) is 4.98 Å². The number of rotatable bonds is 2. The van der Waals surface area contributed by atoms with Crippen LogP contribution >= 0.6 is 15.9 Å². The third kappa shape index (κ3) is 3.94. The SMILES string of the molecule is O=[N+]([O-])c1cc(Br)c(C(F)(F)F)nc1OC(F)(F)F. The molecule has 19 heavy (non-hydrogen) atoms. The van der Waals surface area contributed by atoms with E-state index in [1.54, 1.807) is 0 Å². The van der Waals surface area contributed by atoms with Gasteiger partial charge in [0.25, 0.3) is 0 Å². The highest BCUT2D eigenvalue weighted by Gasteiger charge is 2.41.